The Bertz CT molecular complexity index is 681. The van der Waals surface area contributed by atoms with Gasteiger partial charge in [-0.15, -0.1) is 5.10 Å². The molecule has 0 N–H and O–H groups in total. The first-order chi connectivity index (χ1) is 11.0. The Kier molecular flexibility index (Phi) is 5.76. The van der Waals surface area contributed by atoms with Crippen molar-refractivity contribution in [3.8, 4) is 5.69 Å². The minimum atomic E-state index is -0.231. The van der Waals surface area contributed by atoms with Crippen LogP contribution in [-0.4, -0.2) is 49.4 Å². The van der Waals surface area contributed by atoms with E-state index in [4.69, 9.17) is 0 Å². The quantitative estimate of drug-likeness (QED) is 0.760. The lowest BCUT2D eigenvalue weighted by Crippen LogP contribution is -2.36. The minimum Gasteiger partial charge on any atom is -0.342 e. The molecule has 1 aromatic heterocycles. The molecule has 1 atom stereocenters. The Morgan fingerprint density at radius 1 is 1.30 bits per heavy atom. The molecular weight excluding hydrogens is 310 g/mol. The molecule has 0 fully saturated rings. The lowest BCUT2D eigenvalue weighted by molar-refractivity contribution is -0.129. The Morgan fingerprint density at radius 3 is 2.61 bits per heavy atom. The number of rotatable bonds is 6. The third-order valence-corrected chi connectivity index (χ3v) is 4.75. The summed E-state index contributed by atoms with van der Waals surface area (Å²) in [5, 5.41) is 12.3. The summed E-state index contributed by atoms with van der Waals surface area (Å²) in [6.07, 6.45) is 0. The fourth-order valence-electron chi connectivity index (χ4n) is 2.45. The van der Waals surface area contributed by atoms with Gasteiger partial charge in [0.25, 0.3) is 0 Å². The van der Waals surface area contributed by atoms with Gasteiger partial charge in [-0.05, 0) is 56.7 Å². The van der Waals surface area contributed by atoms with Crippen LogP contribution in [0.15, 0.2) is 23.4 Å². The molecule has 0 spiro atoms. The van der Waals surface area contributed by atoms with E-state index in [1.165, 1.54) is 17.3 Å². The van der Waals surface area contributed by atoms with Gasteiger partial charge < -0.3 is 4.90 Å². The van der Waals surface area contributed by atoms with Gasteiger partial charge in [-0.25, -0.2) is 0 Å². The molecule has 1 aromatic carbocycles. The maximum absolute atomic E-state index is 12.4. The summed E-state index contributed by atoms with van der Waals surface area (Å²) in [6, 6.07) is 6.13. The molecule has 124 valence electrons. The van der Waals surface area contributed by atoms with Crippen LogP contribution in [0.3, 0.4) is 0 Å². The monoisotopic (exact) mass is 333 g/mol. The van der Waals surface area contributed by atoms with E-state index in [0.717, 1.165) is 11.3 Å². The molecule has 0 aliphatic rings. The zero-order valence-corrected chi connectivity index (χ0v) is 15.1. The Hall–Kier alpha value is -1.89. The molecule has 0 radical (unpaired) electrons. The zero-order valence-electron chi connectivity index (χ0n) is 14.3. The molecule has 2 aromatic rings. The number of thioether (sulfide) groups is 1. The van der Waals surface area contributed by atoms with E-state index >= 15 is 0 Å². The van der Waals surface area contributed by atoms with E-state index in [2.05, 4.69) is 28.5 Å². The molecule has 0 aliphatic carbocycles. The van der Waals surface area contributed by atoms with E-state index in [1.807, 2.05) is 44.7 Å². The zero-order chi connectivity index (χ0) is 17.0. The molecule has 2 rings (SSSR count). The highest BCUT2D eigenvalue weighted by Gasteiger charge is 2.22. The van der Waals surface area contributed by atoms with Crippen LogP contribution in [0.4, 0.5) is 0 Å². The first-order valence-electron chi connectivity index (χ1n) is 7.79. The second-order valence-electron chi connectivity index (χ2n) is 5.43. The summed E-state index contributed by atoms with van der Waals surface area (Å²) in [5.41, 5.74) is 3.23. The first-order valence-corrected chi connectivity index (χ1v) is 8.67. The molecule has 1 unspecified atom stereocenters. The molecule has 23 heavy (non-hydrogen) atoms. The SMILES string of the molecule is CCN(CC)C(=O)C(C)Sc1nnnn1-c1ccc(C)cc1C. The lowest BCUT2D eigenvalue weighted by Gasteiger charge is -2.22. The van der Waals surface area contributed by atoms with Crippen molar-refractivity contribution < 1.29 is 4.79 Å². The van der Waals surface area contributed by atoms with Crippen LogP contribution in [0.5, 0.6) is 0 Å². The van der Waals surface area contributed by atoms with Crippen molar-refractivity contribution in [3.63, 3.8) is 0 Å². The molecule has 1 heterocycles. The number of hydrogen-bond donors (Lipinski definition) is 0. The molecule has 0 saturated heterocycles. The van der Waals surface area contributed by atoms with Gasteiger partial charge in [0.2, 0.25) is 11.1 Å². The average molecular weight is 333 g/mol. The number of aryl methyl sites for hydroxylation is 2. The van der Waals surface area contributed by atoms with Crippen molar-refractivity contribution in [1.29, 1.82) is 0 Å². The van der Waals surface area contributed by atoms with Gasteiger partial charge in [-0.1, -0.05) is 29.5 Å². The van der Waals surface area contributed by atoms with E-state index < -0.39 is 0 Å². The fourth-order valence-corrected chi connectivity index (χ4v) is 3.33. The van der Waals surface area contributed by atoms with Crippen LogP contribution < -0.4 is 0 Å². The van der Waals surface area contributed by atoms with Crippen LogP contribution >= 0.6 is 11.8 Å². The molecule has 7 heteroatoms. The van der Waals surface area contributed by atoms with Gasteiger partial charge in [-0.2, -0.15) is 4.68 Å². The van der Waals surface area contributed by atoms with Crippen molar-refractivity contribution in [2.45, 2.75) is 45.0 Å². The third-order valence-electron chi connectivity index (χ3n) is 3.73. The second-order valence-corrected chi connectivity index (χ2v) is 6.74. The Labute approximate surface area is 141 Å². The van der Waals surface area contributed by atoms with Crippen molar-refractivity contribution >= 4 is 17.7 Å². The Morgan fingerprint density at radius 2 is 2.00 bits per heavy atom. The number of aromatic nitrogens is 4. The van der Waals surface area contributed by atoms with E-state index in [9.17, 15) is 4.79 Å². The van der Waals surface area contributed by atoms with Gasteiger partial charge >= 0.3 is 0 Å². The molecule has 6 nitrogen and oxygen atoms in total. The molecular formula is C16H23N5OS. The summed E-state index contributed by atoms with van der Waals surface area (Å²) in [4.78, 5) is 14.2. The average Bonchev–Trinajstić information content (AvgIpc) is 2.96. The summed E-state index contributed by atoms with van der Waals surface area (Å²) in [5.74, 6) is 0.107. The molecule has 1 amide bonds. The summed E-state index contributed by atoms with van der Waals surface area (Å²) >= 11 is 1.39. The standard InChI is InChI=1S/C16H23N5OS/c1-6-20(7-2)15(22)13(5)23-16-17-18-19-21(16)14-9-8-11(3)10-12(14)4/h8-10,13H,6-7H2,1-5H3. The predicted octanol–water partition coefficient (Wildman–Crippen LogP) is 2.63. The topological polar surface area (TPSA) is 63.9 Å². The van der Waals surface area contributed by atoms with Crippen LogP contribution in [0.1, 0.15) is 31.9 Å². The van der Waals surface area contributed by atoms with Crippen LogP contribution in [0.25, 0.3) is 5.69 Å². The van der Waals surface area contributed by atoms with E-state index in [0.29, 0.717) is 18.2 Å². The van der Waals surface area contributed by atoms with Gasteiger partial charge in [0.05, 0.1) is 10.9 Å². The van der Waals surface area contributed by atoms with E-state index in [-0.39, 0.29) is 11.2 Å². The Balaban J connectivity index is 2.23. The number of carbonyl (C=O) groups excluding carboxylic acids is 1. The van der Waals surface area contributed by atoms with Crippen molar-refractivity contribution in [3.05, 3.63) is 29.3 Å². The normalized spacial score (nSPS) is 12.2. The van der Waals surface area contributed by atoms with Crippen molar-refractivity contribution in [2.24, 2.45) is 0 Å². The number of amides is 1. The summed E-state index contributed by atoms with van der Waals surface area (Å²) < 4.78 is 1.70. The van der Waals surface area contributed by atoms with Crippen LogP contribution in [0.2, 0.25) is 0 Å². The van der Waals surface area contributed by atoms with Crippen LogP contribution in [-0.2, 0) is 4.79 Å². The van der Waals surface area contributed by atoms with Gasteiger partial charge in [-0.3, -0.25) is 4.79 Å². The number of benzene rings is 1. The van der Waals surface area contributed by atoms with E-state index in [1.54, 1.807) is 4.68 Å². The van der Waals surface area contributed by atoms with Crippen molar-refractivity contribution in [2.75, 3.05) is 13.1 Å². The maximum atomic E-state index is 12.4. The number of hydrogen-bond acceptors (Lipinski definition) is 5. The van der Waals surface area contributed by atoms with Crippen molar-refractivity contribution in [1.82, 2.24) is 25.1 Å². The highest BCUT2D eigenvalue weighted by Crippen LogP contribution is 2.25. The van der Waals surface area contributed by atoms with Crippen LogP contribution in [0, 0.1) is 13.8 Å². The largest absolute Gasteiger partial charge is 0.342 e. The first kappa shape index (κ1) is 17.5. The molecule has 0 saturated carbocycles. The van der Waals surface area contributed by atoms with Gasteiger partial charge in [0, 0.05) is 13.1 Å². The number of nitrogens with zero attached hydrogens (tertiary/aromatic N) is 5. The predicted molar refractivity (Wildman–Crippen MR) is 91.9 cm³/mol. The summed E-state index contributed by atoms with van der Waals surface area (Å²) in [6.45, 7) is 11.4. The lowest BCUT2D eigenvalue weighted by atomic mass is 10.1. The van der Waals surface area contributed by atoms with Gasteiger partial charge in [0.1, 0.15) is 0 Å². The highest BCUT2D eigenvalue weighted by molar-refractivity contribution is 8.00. The third kappa shape index (κ3) is 3.90. The maximum Gasteiger partial charge on any atom is 0.235 e. The fraction of sp³-hybridized carbons (Fsp3) is 0.500. The highest BCUT2D eigenvalue weighted by atomic mass is 32.2. The minimum absolute atomic E-state index is 0.107. The smallest absolute Gasteiger partial charge is 0.235 e. The summed E-state index contributed by atoms with van der Waals surface area (Å²) in [7, 11) is 0. The number of tetrazole rings is 1. The molecule has 0 aliphatic heterocycles. The van der Waals surface area contributed by atoms with Gasteiger partial charge in [0.15, 0.2) is 0 Å². The molecule has 0 bridgehead atoms. The second kappa shape index (κ2) is 7.59. The number of carbonyl (C=O) groups is 1.